The van der Waals surface area contributed by atoms with Crippen LogP contribution < -0.4 is 5.32 Å². The maximum Gasteiger partial charge on any atom is 0.0233 e. The molecule has 2 nitrogen and oxygen atoms in total. The lowest BCUT2D eigenvalue weighted by atomic mass is 10.0. The second kappa shape index (κ2) is 5.65. The van der Waals surface area contributed by atoms with Crippen LogP contribution in [0.5, 0.6) is 0 Å². The van der Waals surface area contributed by atoms with E-state index in [1.54, 1.807) is 0 Å². The Labute approximate surface area is 105 Å². The number of rotatable bonds is 4. The molecule has 1 N–H and O–H groups in total. The zero-order chi connectivity index (χ0) is 12.3. The second-order valence-electron chi connectivity index (χ2n) is 5.50. The van der Waals surface area contributed by atoms with E-state index in [4.69, 9.17) is 0 Å². The van der Waals surface area contributed by atoms with Crippen molar-refractivity contribution in [2.75, 3.05) is 20.1 Å². The van der Waals surface area contributed by atoms with Crippen LogP contribution in [0.15, 0.2) is 24.3 Å². The van der Waals surface area contributed by atoms with Crippen LogP contribution in [0.1, 0.15) is 25.0 Å². The summed E-state index contributed by atoms with van der Waals surface area (Å²) >= 11 is 0. The zero-order valence-electron chi connectivity index (χ0n) is 11.2. The molecule has 0 amide bonds. The Morgan fingerprint density at radius 2 is 1.59 bits per heavy atom. The predicted octanol–water partition coefficient (Wildman–Crippen LogP) is 2.49. The molecule has 1 aliphatic heterocycles. The highest BCUT2D eigenvalue weighted by molar-refractivity contribution is 5.22. The number of benzene rings is 1. The predicted molar refractivity (Wildman–Crippen MR) is 72.8 cm³/mol. The van der Waals surface area contributed by atoms with Gasteiger partial charge in [0.25, 0.3) is 0 Å². The van der Waals surface area contributed by atoms with Gasteiger partial charge in [-0.1, -0.05) is 38.1 Å². The first-order valence-corrected chi connectivity index (χ1v) is 6.64. The Morgan fingerprint density at radius 1 is 1.06 bits per heavy atom. The van der Waals surface area contributed by atoms with Crippen LogP contribution in [0.4, 0.5) is 0 Å². The number of nitrogens with one attached hydrogen (secondary N) is 1. The van der Waals surface area contributed by atoms with Gasteiger partial charge in [0.2, 0.25) is 0 Å². The summed E-state index contributed by atoms with van der Waals surface area (Å²) in [6.45, 7) is 9.28. The van der Waals surface area contributed by atoms with Crippen molar-refractivity contribution < 1.29 is 0 Å². The fourth-order valence-corrected chi connectivity index (χ4v) is 2.60. The third-order valence-electron chi connectivity index (χ3n) is 3.87. The van der Waals surface area contributed by atoms with Crippen LogP contribution in [-0.4, -0.2) is 25.0 Å². The lowest BCUT2D eigenvalue weighted by Crippen LogP contribution is -2.20. The Morgan fingerprint density at radius 3 is 2.12 bits per heavy atom. The van der Waals surface area contributed by atoms with Crippen molar-refractivity contribution in [3.05, 3.63) is 35.4 Å². The molecule has 1 aromatic rings. The minimum Gasteiger partial charge on any atom is -0.316 e. The first-order chi connectivity index (χ1) is 8.19. The Kier molecular flexibility index (Phi) is 4.19. The minimum atomic E-state index is 0.846. The van der Waals surface area contributed by atoms with Crippen molar-refractivity contribution in [2.24, 2.45) is 11.8 Å². The summed E-state index contributed by atoms with van der Waals surface area (Å²) in [5.41, 5.74) is 2.80. The lowest BCUT2D eigenvalue weighted by Gasteiger charge is -2.15. The summed E-state index contributed by atoms with van der Waals surface area (Å²) in [7, 11) is 1.99. The maximum absolute atomic E-state index is 3.18. The van der Waals surface area contributed by atoms with Crippen LogP contribution in [0, 0.1) is 11.8 Å². The molecule has 2 unspecified atom stereocenters. The van der Waals surface area contributed by atoms with E-state index in [9.17, 15) is 0 Å². The van der Waals surface area contributed by atoms with E-state index in [0.717, 1.165) is 24.9 Å². The van der Waals surface area contributed by atoms with Gasteiger partial charge < -0.3 is 5.32 Å². The molecule has 0 saturated carbocycles. The number of hydrogen-bond donors (Lipinski definition) is 1. The molecule has 0 spiro atoms. The number of nitrogens with zero attached hydrogens (tertiary/aromatic N) is 1. The SMILES string of the molecule is CNCc1ccc(CN2CC(C)C(C)C2)cc1. The fraction of sp³-hybridized carbons (Fsp3) is 0.600. The molecule has 2 rings (SSSR count). The number of likely N-dealkylation sites (tertiary alicyclic amines) is 1. The molecule has 1 heterocycles. The Hall–Kier alpha value is -0.860. The molecule has 2 atom stereocenters. The van der Waals surface area contributed by atoms with Crippen molar-refractivity contribution in [1.29, 1.82) is 0 Å². The van der Waals surface area contributed by atoms with Gasteiger partial charge in [-0.05, 0) is 30.0 Å². The van der Waals surface area contributed by atoms with Gasteiger partial charge in [-0.2, -0.15) is 0 Å². The topological polar surface area (TPSA) is 15.3 Å². The van der Waals surface area contributed by atoms with Gasteiger partial charge in [-0.15, -0.1) is 0 Å². The quantitative estimate of drug-likeness (QED) is 0.858. The third kappa shape index (κ3) is 3.30. The average Bonchev–Trinajstić information content (AvgIpc) is 2.61. The molecule has 0 aromatic heterocycles. The van der Waals surface area contributed by atoms with Crippen molar-refractivity contribution in [3.63, 3.8) is 0 Å². The number of hydrogen-bond acceptors (Lipinski definition) is 2. The molecule has 1 saturated heterocycles. The van der Waals surface area contributed by atoms with Crippen LogP contribution >= 0.6 is 0 Å². The van der Waals surface area contributed by atoms with Crippen molar-refractivity contribution in [3.8, 4) is 0 Å². The van der Waals surface area contributed by atoms with Gasteiger partial charge in [0.1, 0.15) is 0 Å². The van der Waals surface area contributed by atoms with Gasteiger partial charge in [-0.25, -0.2) is 0 Å². The van der Waals surface area contributed by atoms with E-state index in [1.807, 2.05) is 7.05 Å². The van der Waals surface area contributed by atoms with Crippen LogP contribution in [0.3, 0.4) is 0 Å². The maximum atomic E-state index is 3.18. The normalized spacial score (nSPS) is 25.4. The summed E-state index contributed by atoms with van der Waals surface area (Å²) < 4.78 is 0. The molecule has 2 heteroatoms. The molecule has 1 fully saturated rings. The summed E-state index contributed by atoms with van der Waals surface area (Å²) in [6.07, 6.45) is 0. The smallest absolute Gasteiger partial charge is 0.0233 e. The first kappa shape index (κ1) is 12.6. The minimum absolute atomic E-state index is 0.846. The molecule has 94 valence electrons. The molecule has 1 aromatic carbocycles. The summed E-state index contributed by atoms with van der Waals surface area (Å²) in [5, 5.41) is 3.18. The lowest BCUT2D eigenvalue weighted by molar-refractivity contribution is 0.316. The van der Waals surface area contributed by atoms with Gasteiger partial charge in [0, 0.05) is 26.2 Å². The monoisotopic (exact) mass is 232 g/mol. The third-order valence-corrected chi connectivity index (χ3v) is 3.87. The van der Waals surface area contributed by atoms with E-state index in [-0.39, 0.29) is 0 Å². The van der Waals surface area contributed by atoms with E-state index in [2.05, 4.69) is 48.3 Å². The highest BCUT2D eigenvalue weighted by atomic mass is 15.1. The van der Waals surface area contributed by atoms with Crippen LogP contribution in [-0.2, 0) is 13.1 Å². The fourth-order valence-electron chi connectivity index (χ4n) is 2.60. The molecule has 1 aliphatic rings. The van der Waals surface area contributed by atoms with Gasteiger partial charge in [-0.3, -0.25) is 4.90 Å². The Bertz CT molecular complexity index is 334. The molecule has 17 heavy (non-hydrogen) atoms. The second-order valence-corrected chi connectivity index (χ2v) is 5.50. The van der Waals surface area contributed by atoms with Gasteiger partial charge >= 0.3 is 0 Å². The van der Waals surface area contributed by atoms with E-state index < -0.39 is 0 Å². The highest BCUT2D eigenvalue weighted by Gasteiger charge is 2.25. The van der Waals surface area contributed by atoms with Crippen molar-refractivity contribution in [1.82, 2.24) is 10.2 Å². The zero-order valence-corrected chi connectivity index (χ0v) is 11.2. The van der Waals surface area contributed by atoms with Gasteiger partial charge in [0.15, 0.2) is 0 Å². The van der Waals surface area contributed by atoms with Crippen LogP contribution in [0.2, 0.25) is 0 Å². The van der Waals surface area contributed by atoms with Gasteiger partial charge in [0.05, 0.1) is 0 Å². The summed E-state index contributed by atoms with van der Waals surface area (Å²) in [6, 6.07) is 8.99. The standard InChI is InChI=1S/C15H24N2/c1-12-9-17(10-13(12)2)11-15-6-4-14(5-7-15)8-16-3/h4-7,12-13,16H,8-11H2,1-3H3. The van der Waals surface area contributed by atoms with E-state index in [0.29, 0.717) is 0 Å². The largest absolute Gasteiger partial charge is 0.316 e. The average molecular weight is 232 g/mol. The Balaban J connectivity index is 1.91. The van der Waals surface area contributed by atoms with E-state index >= 15 is 0 Å². The van der Waals surface area contributed by atoms with E-state index in [1.165, 1.54) is 24.2 Å². The molecule has 0 aliphatic carbocycles. The summed E-state index contributed by atoms with van der Waals surface area (Å²) in [5.74, 6) is 1.69. The molecular weight excluding hydrogens is 208 g/mol. The van der Waals surface area contributed by atoms with Crippen molar-refractivity contribution >= 4 is 0 Å². The molecule has 0 radical (unpaired) electrons. The van der Waals surface area contributed by atoms with Crippen molar-refractivity contribution in [2.45, 2.75) is 26.9 Å². The highest BCUT2D eigenvalue weighted by Crippen LogP contribution is 2.23. The summed E-state index contributed by atoms with van der Waals surface area (Å²) in [4.78, 5) is 2.57. The first-order valence-electron chi connectivity index (χ1n) is 6.64. The molecular formula is C15H24N2. The molecule has 0 bridgehead atoms. The van der Waals surface area contributed by atoms with Crippen LogP contribution in [0.25, 0.3) is 0 Å².